The standard InChI is InChI=1S/C24H36N4O4/c1-17(2)32-23(16-29)28-15-18-14-20(11-12-21(18)26-24(28)25)31-13-7-10-22(30)27(3)19-8-5-4-6-9-19/h11-12,14,16-17,19,23H,4-10,13,15H2,1-3H3,(H2,25,26). The molecular weight excluding hydrogens is 408 g/mol. The quantitative estimate of drug-likeness (QED) is 0.439. The number of carbonyl (C=O) groups is 2. The number of rotatable bonds is 10. The predicted molar refractivity (Wildman–Crippen MR) is 124 cm³/mol. The highest BCUT2D eigenvalue weighted by molar-refractivity contribution is 5.85. The molecule has 32 heavy (non-hydrogen) atoms. The average molecular weight is 445 g/mol. The lowest BCUT2D eigenvalue weighted by molar-refractivity contribution is -0.133. The molecule has 1 aromatic rings. The summed E-state index contributed by atoms with van der Waals surface area (Å²) < 4.78 is 11.5. The number of guanidine groups is 1. The van der Waals surface area contributed by atoms with Crippen LogP contribution in [0.4, 0.5) is 5.69 Å². The van der Waals surface area contributed by atoms with Crippen LogP contribution < -0.4 is 10.5 Å². The molecule has 3 rings (SSSR count). The van der Waals surface area contributed by atoms with Gasteiger partial charge in [-0.15, -0.1) is 0 Å². The molecule has 1 aromatic carbocycles. The van der Waals surface area contributed by atoms with Gasteiger partial charge in [-0.2, -0.15) is 0 Å². The molecule has 1 aliphatic carbocycles. The number of nitrogens with zero attached hydrogens (tertiary/aromatic N) is 3. The maximum atomic E-state index is 12.5. The molecule has 0 aromatic heterocycles. The Labute approximate surface area is 190 Å². The van der Waals surface area contributed by atoms with E-state index in [0.29, 0.717) is 37.8 Å². The number of hydrogen-bond donors (Lipinski definition) is 1. The lowest BCUT2D eigenvalue weighted by Gasteiger charge is -2.33. The van der Waals surface area contributed by atoms with Crippen molar-refractivity contribution in [3.63, 3.8) is 0 Å². The Hall–Kier alpha value is -2.61. The number of aliphatic imine (C=N–C) groups is 1. The number of benzene rings is 1. The Balaban J connectivity index is 1.51. The fourth-order valence-electron chi connectivity index (χ4n) is 4.28. The highest BCUT2D eigenvalue weighted by atomic mass is 16.5. The number of ether oxygens (including phenoxy) is 2. The molecule has 0 spiro atoms. The third-order valence-corrected chi connectivity index (χ3v) is 6.08. The molecule has 8 heteroatoms. The summed E-state index contributed by atoms with van der Waals surface area (Å²) in [4.78, 5) is 32.0. The summed E-state index contributed by atoms with van der Waals surface area (Å²) in [6, 6.07) is 6.01. The third-order valence-electron chi connectivity index (χ3n) is 6.08. The van der Waals surface area contributed by atoms with Gasteiger partial charge in [0.15, 0.2) is 18.5 Å². The van der Waals surface area contributed by atoms with Crippen LogP contribution in [-0.2, 0) is 20.9 Å². The minimum absolute atomic E-state index is 0.117. The zero-order valence-electron chi connectivity index (χ0n) is 19.5. The summed E-state index contributed by atoms with van der Waals surface area (Å²) >= 11 is 0. The fourth-order valence-corrected chi connectivity index (χ4v) is 4.28. The van der Waals surface area contributed by atoms with Gasteiger partial charge in [-0.3, -0.25) is 9.59 Å². The largest absolute Gasteiger partial charge is 0.494 e. The number of fused-ring (bicyclic) bond motifs is 1. The molecule has 1 saturated carbocycles. The molecule has 176 valence electrons. The molecule has 0 saturated heterocycles. The first-order chi connectivity index (χ1) is 15.4. The van der Waals surface area contributed by atoms with Crippen molar-refractivity contribution in [1.82, 2.24) is 9.80 Å². The second-order valence-corrected chi connectivity index (χ2v) is 8.85. The van der Waals surface area contributed by atoms with Gasteiger partial charge in [-0.05, 0) is 51.3 Å². The summed E-state index contributed by atoms with van der Waals surface area (Å²) in [5, 5.41) is 0. The van der Waals surface area contributed by atoms with E-state index in [0.717, 1.165) is 30.4 Å². The molecule has 1 heterocycles. The number of carbonyl (C=O) groups excluding carboxylic acids is 2. The molecule has 1 atom stereocenters. The van der Waals surface area contributed by atoms with Crippen molar-refractivity contribution in [3.05, 3.63) is 23.8 Å². The molecule has 2 aliphatic rings. The Kier molecular flexibility index (Phi) is 8.50. The monoisotopic (exact) mass is 444 g/mol. The minimum Gasteiger partial charge on any atom is -0.494 e. The molecule has 1 aliphatic heterocycles. The summed E-state index contributed by atoms with van der Waals surface area (Å²) in [6.07, 6.45) is 6.92. The molecule has 0 bridgehead atoms. The van der Waals surface area contributed by atoms with Crippen molar-refractivity contribution >= 4 is 23.8 Å². The van der Waals surface area contributed by atoms with Crippen LogP contribution in [0.2, 0.25) is 0 Å². The molecule has 1 fully saturated rings. The van der Waals surface area contributed by atoms with E-state index >= 15 is 0 Å². The van der Waals surface area contributed by atoms with Gasteiger partial charge >= 0.3 is 0 Å². The fraction of sp³-hybridized carbons (Fsp3) is 0.625. The van der Waals surface area contributed by atoms with Crippen molar-refractivity contribution in [2.75, 3.05) is 13.7 Å². The number of nitrogens with two attached hydrogens (primary N) is 1. The Morgan fingerprint density at radius 3 is 2.75 bits per heavy atom. The maximum absolute atomic E-state index is 12.5. The zero-order valence-corrected chi connectivity index (χ0v) is 19.5. The average Bonchev–Trinajstić information content (AvgIpc) is 2.79. The first-order valence-corrected chi connectivity index (χ1v) is 11.6. The second-order valence-electron chi connectivity index (χ2n) is 8.85. The van der Waals surface area contributed by atoms with E-state index in [1.54, 1.807) is 4.90 Å². The van der Waals surface area contributed by atoms with Gasteiger partial charge in [0.2, 0.25) is 5.91 Å². The first kappa shape index (κ1) is 24.0. The van der Waals surface area contributed by atoms with E-state index in [1.165, 1.54) is 19.3 Å². The lowest BCUT2D eigenvalue weighted by Crippen LogP contribution is -2.48. The van der Waals surface area contributed by atoms with Crippen molar-refractivity contribution in [3.8, 4) is 5.75 Å². The minimum atomic E-state index is -0.788. The van der Waals surface area contributed by atoms with E-state index in [2.05, 4.69) is 4.99 Å². The van der Waals surface area contributed by atoms with E-state index in [1.807, 2.05) is 44.0 Å². The van der Waals surface area contributed by atoms with Gasteiger partial charge in [-0.1, -0.05) is 19.3 Å². The summed E-state index contributed by atoms with van der Waals surface area (Å²) in [7, 11) is 1.93. The SMILES string of the molecule is CC(C)OC(C=O)N1Cc2cc(OCCCC(=O)N(C)C3CCCCC3)ccc2N=C1N. The molecule has 1 amide bonds. The van der Waals surface area contributed by atoms with Gasteiger partial charge in [0, 0.05) is 25.1 Å². The van der Waals surface area contributed by atoms with Crippen LogP contribution in [0.5, 0.6) is 5.75 Å². The summed E-state index contributed by atoms with van der Waals surface area (Å²) in [5.74, 6) is 1.15. The van der Waals surface area contributed by atoms with Gasteiger partial charge in [0.25, 0.3) is 0 Å². The second kappa shape index (κ2) is 11.3. The summed E-state index contributed by atoms with van der Waals surface area (Å²) in [6.45, 7) is 4.60. The van der Waals surface area contributed by atoms with Crippen molar-refractivity contribution in [2.45, 2.75) is 83.7 Å². The highest BCUT2D eigenvalue weighted by Gasteiger charge is 2.26. The molecule has 1 unspecified atom stereocenters. The Bertz CT molecular complexity index is 820. The number of aldehydes is 1. The van der Waals surface area contributed by atoms with E-state index in [4.69, 9.17) is 15.2 Å². The van der Waals surface area contributed by atoms with Crippen molar-refractivity contribution < 1.29 is 19.1 Å². The number of amides is 1. The highest BCUT2D eigenvalue weighted by Crippen LogP contribution is 2.30. The van der Waals surface area contributed by atoms with Crippen LogP contribution in [-0.4, -0.2) is 60.0 Å². The molecule has 2 N–H and O–H groups in total. The Morgan fingerprint density at radius 2 is 2.06 bits per heavy atom. The van der Waals surface area contributed by atoms with Crippen LogP contribution >= 0.6 is 0 Å². The van der Waals surface area contributed by atoms with E-state index in [9.17, 15) is 9.59 Å². The lowest BCUT2D eigenvalue weighted by atomic mass is 9.94. The van der Waals surface area contributed by atoms with E-state index in [-0.39, 0.29) is 18.0 Å². The molecular formula is C24H36N4O4. The van der Waals surface area contributed by atoms with Gasteiger partial charge < -0.3 is 25.0 Å². The first-order valence-electron chi connectivity index (χ1n) is 11.6. The Morgan fingerprint density at radius 1 is 1.31 bits per heavy atom. The van der Waals surface area contributed by atoms with Crippen LogP contribution in [0.3, 0.4) is 0 Å². The van der Waals surface area contributed by atoms with Crippen LogP contribution in [0, 0.1) is 0 Å². The van der Waals surface area contributed by atoms with Crippen molar-refractivity contribution in [1.29, 1.82) is 0 Å². The third kappa shape index (κ3) is 6.22. The smallest absolute Gasteiger partial charge is 0.222 e. The van der Waals surface area contributed by atoms with Crippen LogP contribution in [0.1, 0.15) is 64.4 Å². The maximum Gasteiger partial charge on any atom is 0.222 e. The van der Waals surface area contributed by atoms with Gasteiger partial charge in [0.1, 0.15) is 5.75 Å². The number of hydrogen-bond acceptors (Lipinski definition) is 7. The topological polar surface area (TPSA) is 97.5 Å². The molecule has 0 radical (unpaired) electrons. The van der Waals surface area contributed by atoms with Crippen LogP contribution in [0.25, 0.3) is 0 Å². The van der Waals surface area contributed by atoms with Crippen molar-refractivity contribution in [2.24, 2.45) is 10.7 Å². The predicted octanol–water partition coefficient (Wildman–Crippen LogP) is 3.35. The van der Waals surface area contributed by atoms with Gasteiger partial charge in [0.05, 0.1) is 24.9 Å². The summed E-state index contributed by atoms with van der Waals surface area (Å²) in [5.41, 5.74) is 7.72. The molecule has 8 nitrogen and oxygen atoms in total. The van der Waals surface area contributed by atoms with E-state index < -0.39 is 6.23 Å². The normalized spacial score (nSPS) is 17.5. The van der Waals surface area contributed by atoms with Crippen LogP contribution in [0.15, 0.2) is 23.2 Å². The zero-order chi connectivity index (χ0) is 23.1. The van der Waals surface area contributed by atoms with Gasteiger partial charge in [-0.25, -0.2) is 4.99 Å².